The number of fused-ring (bicyclic) bond motifs is 1. The molecule has 0 spiro atoms. The molecule has 0 bridgehead atoms. The normalized spacial score (nSPS) is 13.6. The van der Waals surface area contributed by atoms with Gasteiger partial charge in [0.2, 0.25) is 0 Å². The van der Waals surface area contributed by atoms with Crippen molar-refractivity contribution in [3.8, 4) is 0 Å². The zero-order chi connectivity index (χ0) is 15.7. The first-order valence-corrected chi connectivity index (χ1v) is 7.77. The van der Waals surface area contributed by atoms with Crippen LogP contribution in [0.5, 0.6) is 0 Å². The number of amides is 2. The van der Waals surface area contributed by atoms with E-state index in [2.05, 4.69) is 6.92 Å². The molecule has 0 saturated carbocycles. The molecule has 1 aliphatic heterocycles. The van der Waals surface area contributed by atoms with Gasteiger partial charge in [0.15, 0.2) is 0 Å². The van der Waals surface area contributed by atoms with Crippen molar-refractivity contribution in [2.45, 2.75) is 26.2 Å². The predicted molar refractivity (Wildman–Crippen MR) is 87.6 cm³/mol. The van der Waals surface area contributed by atoms with Crippen molar-refractivity contribution in [2.24, 2.45) is 0 Å². The number of aryl methyl sites for hydroxylation is 1. The third-order valence-corrected chi connectivity index (χ3v) is 4.19. The highest BCUT2D eigenvalue weighted by molar-refractivity contribution is 6.42. The molecule has 1 aliphatic rings. The lowest BCUT2D eigenvalue weighted by molar-refractivity contribution is 0.0926. The summed E-state index contributed by atoms with van der Waals surface area (Å²) in [5.74, 6) is -0.671. The van der Waals surface area contributed by atoms with Crippen molar-refractivity contribution < 1.29 is 9.59 Å². The second-order valence-corrected chi connectivity index (χ2v) is 5.79. The molecule has 0 atom stereocenters. The average molecular weight is 314 g/mol. The van der Waals surface area contributed by atoms with Gasteiger partial charge in [-0.2, -0.15) is 0 Å². The average Bonchev–Trinajstić information content (AvgIpc) is 2.78. The van der Waals surface area contributed by atoms with E-state index < -0.39 is 0 Å². The highest BCUT2D eigenvalue weighted by Gasteiger charge is 2.38. The van der Waals surface area contributed by atoms with Gasteiger partial charge in [0.25, 0.3) is 11.8 Å². The molecule has 0 radical (unpaired) electrons. The number of hydrogen-bond acceptors (Lipinski definition) is 2. The van der Waals surface area contributed by atoms with Crippen LogP contribution in [0.25, 0.3) is 0 Å². The number of imide groups is 1. The fraction of sp³-hybridized carbons (Fsp3) is 0.222. The Morgan fingerprint density at radius 2 is 1.73 bits per heavy atom. The van der Waals surface area contributed by atoms with Gasteiger partial charge in [0, 0.05) is 0 Å². The Morgan fingerprint density at radius 1 is 1.00 bits per heavy atom. The summed E-state index contributed by atoms with van der Waals surface area (Å²) in [6, 6.07) is 12.5. The quantitative estimate of drug-likeness (QED) is 0.780. The number of unbranched alkanes of at least 4 members (excludes halogenated alkanes) is 1. The van der Waals surface area contributed by atoms with Gasteiger partial charge in [0.1, 0.15) is 0 Å². The molecule has 4 heteroatoms. The minimum atomic E-state index is -0.355. The van der Waals surface area contributed by atoms with Crippen LogP contribution in [0.1, 0.15) is 46.0 Å². The fourth-order valence-corrected chi connectivity index (χ4v) is 2.93. The van der Waals surface area contributed by atoms with Crippen molar-refractivity contribution in [1.82, 2.24) is 0 Å². The van der Waals surface area contributed by atoms with E-state index in [4.69, 9.17) is 11.6 Å². The minimum Gasteiger partial charge on any atom is -0.268 e. The molecule has 0 saturated heterocycles. The molecule has 0 aromatic heterocycles. The highest BCUT2D eigenvalue weighted by atomic mass is 35.5. The number of anilines is 1. The van der Waals surface area contributed by atoms with E-state index in [-0.39, 0.29) is 11.8 Å². The van der Waals surface area contributed by atoms with Crippen LogP contribution >= 0.6 is 11.6 Å². The Morgan fingerprint density at radius 3 is 2.36 bits per heavy atom. The molecular formula is C18H16ClNO2. The molecular weight excluding hydrogens is 298 g/mol. The van der Waals surface area contributed by atoms with Crippen molar-refractivity contribution in [1.29, 1.82) is 0 Å². The van der Waals surface area contributed by atoms with Crippen LogP contribution in [0, 0.1) is 0 Å². The van der Waals surface area contributed by atoms with Crippen molar-refractivity contribution in [3.05, 3.63) is 64.2 Å². The maximum atomic E-state index is 12.5. The van der Waals surface area contributed by atoms with Gasteiger partial charge in [-0.15, -0.1) is 0 Å². The summed E-state index contributed by atoms with van der Waals surface area (Å²) in [4.78, 5) is 26.2. The monoisotopic (exact) mass is 313 g/mol. The van der Waals surface area contributed by atoms with E-state index in [1.165, 1.54) is 10.5 Å². The molecule has 0 fully saturated rings. The number of nitrogens with zero attached hydrogens (tertiary/aromatic N) is 1. The Hall–Kier alpha value is -2.13. The molecule has 2 aromatic carbocycles. The first-order chi connectivity index (χ1) is 10.6. The van der Waals surface area contributed by atoms with Gasteiger partial charge in [-0.3, -0.25) is 9.59 Å². The SMILES string of the molecule is CCCCc1ccc(N2C(=O)c3cccc(Cl)c3C2=O)cc1. The summed E-state index contributed by atoms with van der Waals surface area (Å²) in [5, 5.41) is 0.318. The molecule has 22 heavy (non-hydrogen) atoms. The van der Waals surface area contributed by atoms with E-state index in [0.717, 1.165) is 19.3 Å². The zero-order valence-electron chi connectivity index (χ0n) is 12.3. The molecule has 0 unspecified atom stereocenters. The Bertz CT molecular complexity index is 737. The third-order valence-electron chi connectivity index (χ3n) is 3.88. The lowest BCUT2D eigenvalue weighted by Gasteiger charge is -2.14. The van der Waals surface area contributed by atoms with Gasteiger partial charge in [-0.1, -0.05) is 43.1 Å². The van der Waals surface area contributed by atoms with Crippen LogP contribution in [-0.2, 0) is 6.42 Å². The van der Waals surface area contributed by atoms with Crippen molar-refractivity contribution in [3.63, 3.8) is 0 Å². The van der Waals surface area contributed by atoms with E-state index in [1.54, 1.807) is 18.2 Å². The molecule has 0 aliphatic carbocycles. The number of halogens is 1. The topological polar surface area (TPSA) is 37.4 Å². The molecule has 3 nitrogen and oxygen atoms in total. The van der Waals surface area contributed by atoms with E-state index in [0.29, 0.717) is 21.8 Å². The van der Waals surface area contributed by atoms with Crippen LogP contribution in [0.4, 0.5) is 5.69 Å². The zero-order valence-corrected chi connectivity index (χ0v) is 13.1. The maximum Gasteiger partial charge on any atom is 0.267 e. The number of rotatable bonds is 4. The molecule has 1 heterocycles. The van der Waals surface area contributed by atoms with Gasteiger partial charge in [-0.05, 0) is 42.7 Å². The molecule has 0 N–H and O–H groups in total. The number of benzene rings is 2. The summed E-state index contributed by atoms with van der Waals surface area (Å²) in [7, 11) is 0. The number of carbonyl (C=O) groups excluding carboxylic acids is 2. The molecule has 112 valence electrons. The fourth-order valence-electron chi connectivity index (χ4n) is 2.67. The van der Waals surface area contributed by atoms with Crippen LogP contribution in [0.15, 0.2) is 42.5 Å². The maximum absolute atomic E-state index is 12.5. The van der Waals surface area contributed by atoms with Crippen LogP contribution in [-0.4, -0.2) is 11.8 Å². The van der Waals surface area contributed by atoms with Crippen molar-refractivity contribution in [2.75, 3.05) is 4.90 Å². The summed E-state index contributed by atoms with van der Waals surface area (Å²) < 4.78 is 0. The Kier molecular flexibility index (Phi) is 3.99. The molecule has 2 amide bonds. The van der Waals surface area contributed by atoms with Crippen LogP contribution < -0.4 is 4.90 Å². The second kappa shape index (κ2) is 5.93. The summed E-state index contributed by atoms with van der Waals surface area (Å²) in [6.07, 6.45) is 3.27. The minimum absolute atomic E-state index is 0.296. The first-order valence-electron chi connectivity index (χ1n) is 7.39. The molecule has 2 aromatic rings. The standard InChI is InChI=1S/C18H16ClNO2/c1-2-3-5-12-8-10-13(11-9-12)20-17(21)14-6-4-7-15(19)16(14)18(20)22/h4,6-11H,2-3,5H2,1H3. The summed E-state index contributed by atoms with van der Waals surface area (Å²) in [6.45, 7) is 2.15. The lowest BCUT2D eigenvalue weighted by Crippen LogP contribution is -2.29. The van der Waals surface area contributed by atoms with Gasteiger partial charge in [-0.25, -0.2) is 4.90 Å². The summed E-state index contributed by atoms with van der Waals surface area (Å²) >= 11 is 6.07. The Balaban J connectivity index is 1.92. The first kappa shape index (κ1) is 14.8. The van der Waals surface area contributed by atoms with Gasteiger partial charge in [0.05, 0.1) is 21.8 Å². The van der Waals surface area contributed by atoms with Gasteiger partial charge < -0.3 is 0 Å². The Labute approximate surface area is 134 Å². The second-order valence-electron chi connectivity index (χ2n) is 5.38. The van der Waals surface area contributed by atoms with Crippen LogP contribution in [0.3, 0.4) is 0 Å². The molecule has 3 rings (SSSR count). The predicted octanol–water partition coefficient (Wildman–Crippen LogP) is 4.48. The smallest absolute Gasteiger partial charge is 0.267 e. The largest absolute Gasteiger partial charge is 0.268 e. The van der Waals surface area contributed by atoms with Gasteiger partial charge >= 0.3 is 0 Å². The van der Waals surface area contributed by atoms with E-state index in [9.17, 15) is 9.59 Å². The lowest BCUT2D eigenvalue weighted by atomic mass is 10.1. The highest BCUT2D eigenvalue weighted by Crippen LogP contribution is 2.32. The van der Waals surface area contributed by atoms with E-state index in [1.807, 2.05) is 24.3 Å². The number of carbonyl (C=O) groups is 2. The van der Waals surface area contributed by atoms with Crippen molar-refractivity contribution >= 4 is 29.1 Å². The number of hydrogen-bond donors (Lipinski definition) is 0. The van der Waals surface area contributed by atoms with E-state index >= 15 is 0 Å². The summed E-state index contributed by atoms with van der Waals surface area (Å²) in [5.41, 5.74) is 2.46. The third kappa shape index (κ3) is 2.42. The van der Waals surface area contributed by atoms with Crippen LogP contribution in [0.2, 0.25) is 5.02 Å².